The van der Waals surface area contributed by atoms with Crippen molar-refractivity contribution in [1.29, 1.82) is 0 Å². The number of thioether (sulfide) groups is 1. The molecule has 0 N–H and O–H groups in total. The van der Waals surface area contributed by atoms with E-state index in [-0.39, 0.29) is 0 Å². The van der Waals surface area contributed by atoms with Gasteiger partial charge in [-0.25, -0.2) is 0 Å². The molecule has 4 nitrogen and oxygen atoms in total. The van der Waals surface area contributed by atoms with Crippen LogP contribution in [-0.4, -0.2) is 29.8 Å². The maximum atomic E-state index is 5.66. The molecule has 0 unspecified atom stereocenters. The lowest BCUT2D eigenvalue weighted by Crippen LogP contribution is -2.29. The first kappa shape index (κ1) is 10.5. The largest absolute Gasteiger partial charge is 0.530 e. The summed E-state index contributed by atoms with van der Waals surface area (Å²) in [7, 11) is -1.57. The molecule has 0 amide bonds. The van der Waals surface area contributed by atoms with Crippen LogP contribution in [0.15, 0.2) is 11.4 Å². The molecular formula is C7H13N3OSSi. The Morgan fingerprint density at radius 2 is 2.08 bits per heavy atom. The minimum atomic E-state index is -1.57. The van der Waals surface area contributed by atoms with E-state index >= 15 is 0 Å². The molecule has 0 aliphatic rings. The Balaban J connectivity index is 2.78. The van der Waals surface area contributed by atoms with Crippen LogP contribution >= 0.6 is 11.8 Å². The quantitative estimate of drug-likeness (QED) is 0.568. The highest BCUT2D eigenvalue weighted by molar-refractivity contribution is 7.98. The highest BCUT2D eigenvalue weighted by Gasteiger charge is 2.17. The van der Waals surface area contributed by atoms with Crippen LogP contribution in [-0.2, 0) is 0 Å². The zero-order valence-electron chi connectivity index (χ0n) is 8.24. The van der Waals surface area contributed by atoms with Gasteiger partial charge in [-0.15, -0.1) is 5.10 Å². The number of nitrogens with zero attached hydrogens (tertiary/aromatic N) is 3. The Morgan fingerprint density at radius 3 is 2.62 bits per heavy atom. The molecule has 13 heavy (non-hydrogen) atoms. The van der Waals surface area contributed by atoms with Crippen molar-refractivity contribution >= 4 is 20.1 Å². The maximum absolute atomic E-state index is 5.66. The monoisotopic (exact) mass is 215 g/mol. The third kappa shape index (κ3) is 3.73. The summed E-state index contributed by atoms with van der Waals surface area (Å²) in [6.45, 7) is 6.32. The van der Waals surface area contributed by atoms with E-state index in [9.17, 15) is 0 Å². The molecule has 0 fully saturated rings. The van der Waals surface area contributed by atoms with Gasteiger partial charge in [-0.2, -0.15) is 10.1 Å². The summed E-state index contributed by atoms with van der Waals surface area (Å²) in [6, 6.07) is 0. The van der Waals surface area contributed by atoms with E-state index < -0.39 is 8.32 Å². The van der Waals surface area contributed by atoms with E-state index in [1.807, 2.05) is 6.26 Å². The molecule has 72 valence electrons. The van der Waals surface area contributed by atoms with Crippen molar-refractivity contribution in [3.63, 3.8) is 0 Å². The molecule has 1 heterocycles. The molecule has 0 bridgehead atoms. The number of hydrogen-bond donors (Lipinski definition) is 0. The lowest BCUT2D eigenvalue weighted by molar-refractivity contribution is 0.515. The topological polar surface area (TPSA) is 47.9 Å². The van der Waals surface area contributed by atoms with Crippen molar-refractivity contribution in [2.45, 2.75) is 24.8 Å². The highest BCUT2D eigenvalue weighted by Crippen LogP contribution is 2.14. The van der Waals surface area contributed by atoms with Crippen LogP contribution in [0.5, 0.6) is 5.88 Å². The fraction of sp³-hybridized carbons (Fsp3) is 0.571. The van der Waals surface area contributed by atoms with E-state index in [1.165, 1.54) is 11.8 Å². The highest BCUT2D eigenvalue weighted by atomic mass is 32.2. The molecule has 0 atom stereocenters. The second-order valence-electron chi connectivity index (χ2n) is 3.50. The van der Waals surface area contributed by atoms with Gasteiger partial charge < -0.3 is 4.43 Å². The smallest absolute Gasteiger partial charge is 0.244 e. The number of rotatable bonds is 3. The van der Waals surface area contributed by atoms with Gasteiger partial charge in [0.1, 0.15) is 6.20 Å². The van der Waals surface area contributed by atoms with E-state index in [1.54, 1.807) is 6.20 Å². The van der Waals surface area contributed by atoms with Crippen molar-refractivity contribution in [2.24, 2.45) is 0 Å². The van der Waals surface area contributed by atoms with Crippen LogP contribution in [0.4, 0.5) is 0 Å². The SMILES string of the molecule is CSc1nncc(O[Si](C)(C)C)n1. The van der Waals surface area contributed by atoms with Crippen LogP contribution in [0.25, 0.3) is 0 Å². The summed E-state index contributed by atoms with van der Waals surface area (Å²) >= 11 is 1.46. The number of aromatic nitrogens is 3. The molecule has 0 saturated heterocycles. The normalized spacial score (nSPS) is 11.4. The standard InChI is InChI=1S/C7H13N3OSSi/c1-12-7-9-6(5-8-10-7)11-13(2,3)4/h5H,1-4H3. The van der Waals surface area contributed by atoms with Gasteiger partial charge in [-0.05, 0) is 25.9 Å². The van der Waals surface area contributed by atoms with Crippen LogP contribution in [0.3, 0.4) is 0 Å². The maximum Gasteiger partial charge on any atom is 0.244 e. The Hall–Kier alpha value is -0.623. The Bertz CT molecular complexity index is 289. The average molecular weight is 215 g/mol. The first-order chi connectivity index (χ1) is 6.01. The fourth-order valence-corrected chi connectivity index (χ4v) is 1.76. The molecule has 6 heteroatoms. The van der Waals surface area contributed by atoms with Crippen molar-refractivity contribution in [3.05, 3.63) is 6.20 Å². The van der Waals surface area contributed by atoms with E-state index in [2.05, 4.69) is 34.8 Å². The van der Waals surface area contributed by atoms with Crippen molar-refractivity contribution in [1.82, 2.24) is 15.2 Å². The van der Waals surface area contributed by atoms with Gasteiger partial charge in [0.2, 0.25) is 19.4 Å². The van der Waals surface area contributed by atoms with E-state index in [4.69, 9.17) is 4.43 Å². The van der Waals surface area contributed by atoms with Gasteiger partial charge in [-0.1, -0.05) is 11.8 Å². The Morgan fingerprint density at radius 1 is 1.38 bits per heavy atom. The van der Waals surface area contributed by atoms with Gasteiger partial charge in [-0.3, -0.25) is 0 Å². The lowest BCUT2D eigenvalue weighted by atomic mass is 10.8. The van der Waals surface area contributed by atoms with Crippen molar-refractivity contribution < 1.29 is 4.43 Å². The average Bonchev–Trinajstić information content (AvgIpc) is 2.01. The lowest BCUT2D eigenvalue weighted by Gasteiger charge is -2.17. The predicted octanol–water partition coefficient (Wildman–Crippen LogP) is 1.81. The molecule has 0 aromatic carbocycles. The van der Waals surface area contributed by atoms with Crippen LogP contribution < -0.4 is 4.43 Å². The summed E-state index contributed by atoms with van der Waals surface area (Å²) in [4.78, 5) is 4.18. The van der Waals surface area contributed by atoms with Crippen LogP contribution in [0.1, 0.15) is 0 Å². The van der Waals surface area contributed by atoms with Gasteiger partial charge in [0.25, 0.3) is 0 Å². The van der Waals surface area contributed by atoms with Gasteiger partial charge in [0.05, 0.1) is 0 Å². The molecule has 1 rings (SSSR count). The Kier molecular flexibility index (Phi) is 3.26. The molecule has 1 aromatic rings. The van der Waals surface area contributed by atoms with Crippen molar-refractivity contribution in [2.75, 3.05) is 6.26 Å². The number of hydrogen-bond acceptors (Lipinski definition) is 5. The molecule has 0 radical (unpaired) electrons. The molecule has 0 aliphatic heterocycles. The van der Waals surface area contributed by atoms with E-state index in [0.29, 0.717) is 11.0 Å². The zero-order chi connectivity index (χ0) is 9.90. The third-order valence-corrected chi connectivity index (χ3v) is 2.47. The minimum Gasteiger partial charge on any atom is -0.530 e. The fourth-order valence-electron chi connectivity index (χ4n) is 0.722. The summed E-state index contributed by atoms with van der Waals surface area (Å²) < 4.78 is 5.66. The van der Waals surface area contributed by atoms with Crippen LogP contribution in [0.2, 0.25) is 19.6 Å². The molecule has 0 saturated carbocycles. The van der Waals surface area contributed by atoms with Gasteiger partial charge in [0.15, 0.2) is 0 Å². The van der Waals surface area contributed by atoms with E-state index in [0.717, 1.165) is 0 Å². The molecular weight excluding hydrogens is 202 g/mol. The van der Waals surface area contributed by atoms with Crippen molar-refractivity contribution in [3.8, 4) is 5.88 Å². The summed E-state index contributed by atoms with van der Waals surface area (Å²) in [6.07, 6.45) is 3.47. The van der Waals surface area contributed by atoms with Gasteiger partial charge in [0, 0.05) is 0 Å². The van der Waals surface area contributed by atoms with Gasteiger partial charge >= 0.3 is 0 Å². The first-order valence-electron chi connectivity index (χ1n) is 3.94. The Labute approximate surface area is 83.3 Å². The summed E-state index contributed by atoms with van der Waals surface area (Å²) in [5.74, 6) is 0.582. The second-order valence-corrected chi connectivity index (χ2v) is 8.70. The van der Waals surface area contributed by atoms with Crippen LogP contribution in [0, 0.1) is 0 Å². The third-order valence-electron chi connectivity index (χ3n) is 1.11. The second kappa shape index (κ2) is 4.06. The molecule has 0 spiro atoms. The molecule has 1 aromatic heterocycles. The summed E-state index contributed by atoms with van der Waals surface area (Å²) in [5.41, 5.74) is 0. The molecule has 0 aliphatic carbocycles. The first-order valence-corrected chi connectivity index (χ1v) is 8.57. The summed E-state index contributed by atoms with van der Waals surface area (Å²) in [5, 5.41) is 8.28. The zero-order valence-corrected chi connectivity index (χ0v) is 10.1. The predicted molar refractivity (Wildman–Crippen MR) is 55.6 cm³/mol. The minimum absolute atomic E-state index is 0.582.